The summed E-state index contributed by atoms with van der Waals surface area (Å²) in [6, 6.07) is 0. The molecule has 0 aromatic carbocycles. The normalized spacial score (nSPS) is 16.7. The number of hydrogen-bond donors (Lipinski definition) is 0. The van der Waals surface area contributed by atoms with E-state index in [1.807, 2.05) is 0 Å². The summed E-state index contributed by atoms with van der Waals surface area (Å²) in [5, 5.41) is 0. The molecule has 0 atom stereocenters. The van der Waals surface area contributed by atoms with E-state index in [9.17, 15) is 0 Å². The summed E-state index contributed by atoms with van der Waals surface area (Å²) < 4.78 is 5.31. The zero-order chi connectivity index (χ0) is 12.1. The topological polar surface area (TPSA) is 9.23 Å². The molecule has 0 aliphatic heterocycles. The van der Waals surface area contributed by atoms with Crippen LogP contribution >= 0.6 is 0 Å². The molecule has 1 fully saturated rings. The van der Waals surface area contributed by atoms with Crippen LogP contribution in [-0.4, -0.2) is 13.2 Å². The number of unbranched alkanes of at least 4 members (excludes halogenated alkanes) is 2. The second-order valence-electron chi connectivity index (χ2n) is 5.06. The third-order valence-electron chi connectivity index (χ3n) is 3.18. The van der Waals surface area contributed by atoms with Crippen molar-refractivity contribution in [2.75, 3.05) is 13.2 Å². The van der Waals surface area contributed by atoms with Crippen molar-refractivity contribution in [2.24, 2.45) is 5.92 Å². The zero-order valence-corrected chi connectivity index (χ0v) is 11.8. The van der Waals surface area contributed by atoms with Crippen LogP contribution in [0.15, 0.2) is 0 Å². The quantitative estimate of drug-likeness (QED) is 0.568. The van der Waals surface area contributed by atoms with Crippen LogP contribution in [0.2, 0.25) is 0 Å². The Morgan fingerprint density at radius 1 is 0.875 bits per heavy atom. The molecule has 0 heterocycles. The molecule has 0 bridgehead atoms. The predicted molar refractivity (Wildman–Crippen MR) is 72.9 cm³/mol. The maximum atomic E-state index is 5.31. The van der Waals surface area contributed by atoms with Gasteiger partial charge >= 0.3 is 0 Å². The zero-order valence-electron chi connectivity index (χ0n) is 11.8. The molecule has 0 amide bonds. The highest BCUT2D eigenvalue weighted by Gasteiger charge is 2.05. The van der Waals surface area contributed by atoms with Crippen LogP contribution in [0.3, 0.4) is 0 Å². The van der Waals surface area contributed by atoms with Crippen LogP contribution in [0.4, 0.5) is 0 Å². The van der Waals surface area contributed by atoms with Gasteiger partial charge in [-0.15, -0.1) is 0 Å². The lowest BCUT2D eigenvalue weighted by molar-refractivity contribution is 0.128. The lowest BCUT2D eigenvalue weighted by Crippen LogP contribution is -1.99. The van der Waals surface area contributed by atoms with Crippen molar-refractivity contribution < 1.29 is 4.74 Å². The molecule has 1 heteroatoms. The third kappa shape index (κ3) is 12.0. The Morgan fingerprint density at radius 3 is 1.69 bits per heavy atom. The molecule has 1 saturated carbocycles. The van der Waals surface area contributed by atoms with Gasteiger partial charge in [0.1, 0.15) is 0 Å². The first kappa shape index (κ1) is 16.0. The Balaban J connectivity index is 0.000000288. The van der Waals surface area contributed by atoms with Crippen LogP contribution in [0.25, 0.3) is 0 Å². The maximum absolute atomic E-state index is 5.31. The second-order valence-corrected chi connectivity index (χ2v) is 5.06. The van der Waals surface area contributed by atoms with Gasteiger partial charge in [0, 0.05) is 13.2 Å². The molecule has 0 spiro atoms. The number of hydrogen-bond acceptors (Lipinski definition) is 1. The van der Waals surface area contributed by atoms with E-state index in [-0.39, 0.29) is 0 Å². The van der Waals surface area contributed by atoms with Crippen molar-refractivity contribution in [3.8, 4) is 0 Å². The van der Waals surface area contributed by atoms with E-state index in [0.717, 1.165) is 19.1 Å². The Kier molecular flexibility index (Phi) is 13.0. The third-order valence-corrected chi connectivity index (χ3v) is 3.18. The first-order chi connectivity index (χ1) is 7.81. The smallest absolute Gasteiger partial charge is 0.0465 e. The molecule has 1 aliphatic carbocycles. The summed E-state index contributed by atoms with van der Waals surface area (Å²) in [5.41, 5.74) is 0. The van der Waals surface area contributed by atoms with E-state index in [2.05, 4.69) is 20.8 Å². The molecule has 0 aromatic rings. The molecular weight excluding hydrogens is 196 g/mol. The van der Waals surface area contributed by atoms with Gasteiger partial charge in [-0.25, -0.2) is 0 Å². The van der Waals surface area contributed by atoms with Gasteiger partial charge in [-0.3, -0.25) is 0 Å². The number of rotatable bonds is 6. The highest BCUT2D eigenvalue weighted by Crippen LogP contribution is 2.22. The molecule has 0 N–H and O–H groups in total. The molecule has 16 heavy (non-hydrogen) atoms. The monoisotopic (exact) mass is 228 g/mol. The summed E-state index contributed by atoms with van der Waals surface area (Å²) in [4.78, 5) is 0. The fourth-order valence-corrected chi connectivity index (χ4v) is 1.90. The van der Waals surface area contributed by atoms with Gasteiger partial charge in [-0.2, -0.15) is 0 Å². The van der Waals surface area contributed by atoms with Crippen molar-refractivity contribution in [1.29, 1.82) is 0 Å². The summed E-state index contributed by atoms with van der Waals surface area (Å²) in [7, 11) is 0. The van der Waals surface area contributed by atoms with Gasteiger partial charge in [0.25, 0.3) is 0 Å². The van der Waals surface area contributed by atoms with Crippen molar-refractivity contribution in [3.63, 3.8) is 0 Å². The standard InChI is InChI=1S/C8H18O.C7H14/c1-3-5-7-9-8-6-4-2;1-7-5-3-2-4-6-7/h3-8H2,1-2H3;7H,2-6H2,1H3. The molecule has 0 radical (unpaired) electrons. The molecule has 0 aromatic heterocycles. The van der Waals surface area contributed by atoms with Crippen molar-refractivity contribution >= 4 is 0 Å². The van der Waals surface area contributed by atoms with Crippen LogP contribution in [-0.2, 0) is 4.74 Å². The van der Waals surface area contributed by atoms with Crippen molar-refractivity contribution in [2.45, 2.75) is 78.6 Å². The average molecular weight is 228 g/mol. The molecule has 98 valence electrons. The van der Waals surface area contributed by atoms with E-state index >= 15 is 0 Å². The Bertz CT molecular complexity index is 111. The fourth-order valence-electron chi connectivity index (χ4n) is 1.90. The molecule has 0 saturated heterocycles. The highest BCUT2D eigenvalue weighted by molar-refractivity contribution is 4.59. The minimum atomic E-state index is 0.955. The van der Waals surface area contributed by atoms with Gasteiger partial charge in [0.05, 0.1) is 0 Å². The minimum Gasteiger partial charge on any atom is -0.381 e. The van der Waals surface area contributed by atoms with E-state index < -0.39 is 0 Å². The minimum absolute atomic E-state index is 0.955. The van der Waals surface area contributed by atoms with Gasteiger partial charge in [-0.1, -0.05) is 65.7 Å². The molecule has 1 rings (SSSR count). The summed E-state index contributed by atoms with van der Waals surface area (Å²) in [6.07, 6.45) is 12.3. The van der Waals surface area contributed by atoms with Gasteiger partial charge in [-0.05, 0) is 18.8 Å². The largest absolute Gasteiger partial charge is 0.381 e. The maximum Gasteiger partial charge on any atom is 0.0465 e. The molecule has 1 aliphatic rings. The lowest BCUT2D eigenvalue weighted by atomic mass is 9.91. The van der Waals surface area contributed by atoms with Gasteiger partial charge in [0.2, 0.25) is 0 Å². The van der Waals surface area contributed by atoms with Gasteiger partial charge < -0.3 is 4.74 Å². The molecule has 1 nitrogen and oxygen atoms in total. The van der Waals surface area contributed by atoms with Gasteiger partial charge in [0.15, 0.2) is 0 Å². The summed E-state index contributed by atoms with van der Waals surface area (Å²) in [6.45, 7) is 8.64. The fraction of sp³-hybridized carbons (Fsp3) is 1.00. The van der Waals surface area contributed by atoms with E-state index in [0.29, 0.717) is 0 Å². The molecule has 0 unspecified atom stereocenters. The lowest BCUT2D eigenvalue weighted by Gasteiger charge is -2.15. The predicted octanol–water partition coefficient (Wildman–Crippen LogP) is 5.19. The van der Waals surface area contributed by atoms with Crippen molar-refractivity contribution in [3.05, 3.63) is 0 Å². The van der Waals surface area contributed by atoms with E-state index in [1.54, 1.807) is 0 Å². The SMILES string of the molecule is CC1CCCCC1.CCCCOCCCC. The number of ether oxygens (including phenoxy) is 1. The van der Waals surface area contributed by atoms with Crippen molar-refractivity contribution in [1.82, 2.24) is 0 Å². The highest BCUT2D eigenvalue weighted by atomic mass is 16.5. The second kappa shape index (κ2) is 13.0. The van der Waals surface area contributed by atoms with Crippen LogP contribution < -0.4 is 0 Å². The van der Waals surface area contributed by atoms with E-state index in [4.69, 9.17) is 4.74 Å². The van der Waals surface area contributed by atoms with Crippen LogP contribution in [0, 0.1) is 5.92 Å². The Morgan fingerprint density at radius 2 is 1.38 bits per heavy atom. The molecular formula is C15H32O. The summed E-state index contributed by atoms with van der Waals surface area (Å²) in [5.74, 6) is 1.04. The first-order valence-corrected chi connectivity index (χ1v) is 7.39. The average Bonchev–Trinajstić information content (AvgIpc) is 2.31. The first-order valence-electron chi connectivity index (χ1n) is 7.39. The Labute approximate surface area is 103 Å². The van der Waals surface area contributed by atoms with Crippen LogP contribution in [0.5, 0.6) is 0 Å². The van der Waals surface area contributed by atoms with Crippen LogP contribution in [0.1, 0.15) is 78.6 Å². The summed E-state index contributed by atoms with van der Waals surface area (Å²) >= 11 is 0. The van der Waals surface area contributed by atoms with E-state index in [1.165, 1.54) is 57.8 Å². The Hall–Kier alpha value is -0.0400.